The van der Waals surface area contributed by atoms with Gasteiger partial charge in [0.05, 0.1) is 29.1 Å². The lowest BCUT2D eigenvalue weighted by atomic mass is 10.1. The van der Waals surface area contributed by atoms with Gasteiger partial charge in [-0.05, 0) is 38.0 Å². The number of carbonyl (C=O) groups excluding carboxylic acids is 1. The molecule has 1 aliphatic rings. The largest absolute Gasteiger partial charge is 0.492 e. The van der Waals surface area contributed by atoms with Crippen LogP contribution in [0.3, 0.4) is 0 Å². The van der Waals surface area contributed by atoms with Crippen molar-refractivity contribution < 1.29 is 22.7 Å². The van der Waals surface area contributed by atoms with E-state index in [4.69, 9.17) is 16.3 Å². The van der Waals surface area contributed by atoms with Gasteiger partial charge in [-0.25, -0.2) is 9.97 Å². The summed E-state index contributed by atoms with van der Waals surface area (Å²) in [6.07, 6.45) is -1.25. The van der Waals surface area contributed by atoms with Gasteiger partial charge < -0.3 is 15.0 Å². The van der Waals surface area contributed by atoms with E-state index in [1.807, 2.05) is 4.90 Å². The van der Waals surface area contributed by atoms with Crippen LogP contribution in [0.1, 0.15) is 35.8 Å². The van der Waals surface area contributed by atoms with Gasteiger partial charge in [-0.1, -0.05) is 11.6 Å². The molecular formula is C18H18ClF3N4O2. The molecule has 2 aromatic rings. The number of halogens is 4. The van der Waals surface area contributed by atoms with Gasteiger partial charge in [-0.2, -0.15) is 13.2 Å². The van der Waals surface area contributed by atoms with Crippen molar-refractivity contribution in [3.05, 3.63) is 40.7 Å². The van der Waals surface area contributed by atoms with E-state index in [1.54, 1.807) is 6.92 Å². The normalized spacial score (nSPS) is 14.2. The molecule has 28 heavy (non-hydrogen) atoms. The van der Waals surface area contributed by atoms with E-state index >= 15 is 0 Å². The van der Waals surface area contributed by atoms with E-state index in [1.165, 1.54) is 12.3 Å². The maximum absolute atomic E-state index is 13.0. The number of anilines is 2. The number of amides is 1. The van der Waals surface area contributed by atoms with Crippen molar-refractivity contribution in [2.24, 2.45) is 0 Å². The summed E-state index contributed by atoms with van der Waals surface area (Å²) in [7, 11) is 0. The zero-order valence-electron chi connectivity index (χ0n) is 15.0. The van der Waals surface area contributed by atoms with E-state index in [-0.39, 0.29) is 28.8 Å². The third kappa shape index (κ3) is 4.46. The summed E-state index contributed by atoms with van der Waals surface area (Å²) in [4.78, 5) is 22.9. The van der Waals surface area contributed by atoms with Gasteiger partial charge in [0, 0.05) is 13.1 Å². The monoisotopic (exact) mass is 414 g/mol. The Hall–Kier alpha value is -2.55. The Bertz CT molecular complexity index is 870. The van der Waals surface area contributed by atoms with Crippen LogP contribution in [0.5, 0.6) is 5.75 Å². The second-order valence-corrected chi connectivity index (χ2v) is 6.56. The SMILES string of the molecule is CCOc1ccc(C(F)(F)F)cc1NC(=O)c1nc(N2CCCC2)ncc1Cl. The molecule has 0 bridgehead atoms. The Balaban J connectivity index is 1.90. The van der Waals surface area contributed by atoms with Crippen LogP contribution in [-0.4, -0.2) is 35.6 Å². The van der Waals surface area contributed by atoms with Crippen molar-refractivity contribution in [3.63, 3.8) is 0 Å². The Morgan fingerprint density at radius 1 is 1.32 bits per heavy atom. The summed E-state index contributed by atoms with van der Waals surface area (Å²) in [6.45, 7) is 3.45. The van der Waals surface area contributed by atoms with Crippen molar-refractivity contribution in [2.75, 3.05) is 29.9 Å². The third-order valence-electron chi connectivity index (χ3n) is 4.19. The number of nitrogens with zero attached hydrogens (tertiary/aromatic N) is 3. The summed E-state index contributed by atoms with van der Waals surface area (Å²) in [5.74, 6) is -0.261. The van der Waals surface area contributed by atoms with Gasteiger partial charge in [0.2, 0.25) is 5.95 Å². The summed E-state index contributed by atoms with van der Waals surface area (Å²) in [5, 5.41) is 2.43. The maximum Gasteiger partial charge on any atom is 0.416 e. The minimum Gasteiger partial charge on any atom is -0.492 e. The molecule has 0 atom stereocenters. The first-order valence-corrected chi connectivity index (χ1v) is 9.10. The molecule has 1 saturated heterocycles. The molecule has 1 aliphatic heterocycles. The molecule has 0 saturated carbocycles. The molecule has 0 spiro atoms. The number of ether oxygens (including phenoxy) is 1. The van der Waals surface area contributed by atoms with Crippen molar-refractivity contribution in [3.8, 4) is 5.75 Å². The van der Waals surface area contributed by atoms with Crippen LogP contribution in [-0.2, 0) is 6.18 Å². The van der Waals surface area contributed by atoms with Crippen molar-refractivity contribution in [2.45, 2.75) is 25.9 Å². The molecule has 3 rings (SSSR count). The molecule has 0 unspecified atom stereocenters. The van der Waals surface area contributed by atoms with Crippen LogP contribution >= 0.6 is 11.6 Å². The highest BCUT2D eigenvalue weighted by Gasteiger charge is 2.31. The average Bonchev–Trinajstić information content (AvgIpc) is 3.17. The number of hydrogen-bond acceptors (Lipinski definition) is 5. The molecule has 10 heteroatoms. The predicted octanol–water partition coefficient (Wildman–Crippen LogP) is 4.40. The minimum atomic E-state index is -4.56. The lowest BCUT2D eigenvalue weighted by Gasteiger charge is -2.17. The summed E-state index contributed by atoms with van der Waals surface area (Å²) < 4.78 is 44.4. The van der Waals surface area contributed by atoms with Crippen molar-refractivity contribution in [1.29, 1.82) is 0 Å². The van der Waals surface area contributed by atoms with Crippen LogP contribution in [0, 0.1) is 0 Å². The van der Waals surface area contributed by atoms with Gasteiger partial charge in [0.1, 0.15) is 5.75 Å². The number of alkyl halides is 3. The molecule has 6 nitrogen and oxygen atoms in total. The first kappa shape index (κ1) is 20.2. The van der Waals surface area contributed by atoms with Crippen molar-refractivity contribution in [1.82, 2.24) is 9.97 Å². The van der Waals surface area contributed by atoms with Crippen molar-refractivity contribution >= 4 is 29.1 Å². The Labute approximate surface area is 164 Å². The Kier molecular flexibility index (Phi) is 5.93. The molecule has 1 N–H and O–H groups in total. The molecule has 1 amide bonds. The van der Waals surface area contributed by atoms with E-state index in [0.29, 0.717) is 5.95 Å². The molecular weight excluding hydrogens is 397 g/mol. The highest BCUT2D eigenvalue weighted by molar-refractivity contribution is 6.34. The van der Waals surface area contributed by atoms with Crippen LogP contribution in [0.2, 0.25) is 5.02 Å². The van der Waals surface area contributed by atoms with Gasteiger partial charge in [-0.3, -0.25) is 4.79 Å². The van der Waals surface area contributed by atoms with Gasteiger partial charge in [0.15, 0.2) is 5.69 Å². The molecule has 0 aliphatic carbocycles. The first-order chi connectivity index (χ1) is 13.3. The number of rotatable bonds is 5. The zero-order valence-corrected chi connectivity index (χ0v) is 15.8. The number of hydrogen-bond donors (Lipinski definition) is 1. The van der Waals surface area contributed by atoms with E-state index < -0.39 is 17.6 Å². The summed E-state index contributed by atoms with van der Waals surface area (Å²) >= 11 is 6.05. The Morgan fingerprint density at radius 3 is 2.68 bits per heavy atom. The molecule has 150 valence electrons. The molecule has 0 radical (unpaired) electrons. The van der Waals surface area contributed by atoms with Gasteiger partial charge in [0.25, 0.3) is 5.91 Å². The fourth-order valence-electron chi connectivity index (χ4n) is 2.85. The van der Waals surface area contributed by atoms with E-state index in [0.717, 1.165) is 38.1 Å². The number of benzene rings is 1. The lowest BCUT2D eigenvalue weighted by Crippen LogP contribution is -2.23. The number of nitrogens with one attached hydrogen (secondary N) is 1. The second kappa shape index (κ2) is 8.22. The van der Waals surface area contributed by atoms with Gasteiger partial charge >= 0.3 is 6.18 Å². The fraction of sp³-hybridized carbons (Fsp3) is 0.389. The maximum atomic E-state index is 13.0. The predicted molar refractivity (Wildman–Crippen MR) is 99.1 cm³/mol. The van der Waals surface area contributed by atoms with Crippen LogP contribution in [0.4, 0.5) is 24.8 Å². The fourth-order valence-corrected chi connectivity index (χ4v) is 3.03. The van der Waals surface area contributed by atoms with E-state index in [2.05, 4.69) is 15.3 Å². The average molecular weight is 415 g/mol. The molecule has 2 heterocycles. The summed E-state index contributed by atoms with van der Waals surface area (Å²) in [5.41, 5.74) is -1.13. The number of aromatic nitrogens is 2. The van der Waals surface area contributed by atoms with E-state index in [9.17, 15) is 18.0 Å². The molecule has 1 aromatic carbocycles. The lowest BCUT2D eigenvalue weighted by molar-refractivity contribution is -0.137. The Morgan fingerprint density at radius 2 is 2.04 bits per heavy atom. The second-order valence-electron chi connectivity index (χ2n) is 6.16. The highest BCUT2D eigenvalue weighted by atomic mass is 35.5. The number of carbonyl (C=O) groups is 1. The van der Waals surface area contributed by atoms with Crippen LogP contribution < -0.4 is 15.0 Å². The smallest absolute Gasteiger partial charge is 0.416 e. The first-order valence-electron chi connectivity index (χ1n) is 8.72. The highest BCUT2D eigenvalue weighted by Crippen LogP contribution is 2.35. The standard InChI is InChI=1S/C18H18ClF3N4O2/c1-2-28-14-6-5-11(18(20,21)22)9-13(14)24-16(27)15-12(19)10-23-17(25-15)26-7-3-4-8-26/h5-6,9-10H,2-4,7-8H2,1H3,(H,24,27). The minimum absolute atomic E-state index is 0.00498. The van der Waals surface area contributed by atoms with Gasteiger partial charge in [-0.15, -0.1) is 0 Å². The topological polar surface area (TPSA) is 67.3 Å². The third-order valence-corrected chi connectivity index (χ3v) is 4.47. The molecule has 1 fully saturated rings. The van der Waals surface area contributed by atoms with Crippen LogP contribution in [0.15, 0.2) is 24.4 Å². The quantitative estimate of drug-likeness (QED) is 0.785. The zero-order chi connectivity index (χ0) is 20.3. The molecule has 1 aromatic heterocycles. The summed E-state index contributed by atoms with van der Waals surface area (Å²) in [6, 6.07) is 2.88. The van der Waals surface area contributed by atoms with Crippen LogP contribution in [0.25, 0.3) is 0 Å².